The van der Waals surface area contributed by atoms with Gasteiger partial charge in [0, 0.05) is 50.4 Å². The number of benzene rings is 1. The lowest BCUT2D eigenvalue weighted by Gasteiger charge is -2.36. The number of carbonyl (C=O) groups excluding carboxylic acids is 2. The summed E-state index contributed by atoms with van der Waals surface area (Å²) in [7, 11) is 4.81. The predicted octanol–water partition coefficient (Wildman–Crippen LogP) is 1.81. The highest BCUT2D eigenvalue weighted by Crippen LogP contribution is 2.45. The first kappa shape index (κ1) is 22.5. The van der Waals surface area contributed by atoms with Gasteiger partial charge in [0.25, 0.3) is 0 Å². The third-order valence-electron chi connectivity index (χ3n) is 6.69. The first-order chi connectivity index (χ1) is 15.5. The van der Waals surface area contributed by atoms with E-state index in [9.17, 15) is 9.59 Å². The van der Waals surface area contributed by atoms with E-state index in [4.69, 9.17) is 14.2 Å². The average Bonchev–Trinajstić information content (AvgIpc) is 3.37. The summed E-state index contributed by atoms with van der Waals surface area (Å²) in [5, 5.41) is 0. The summed E-state index contributed by atoms with van der Waals surface area (Å²) >= 11 is 0. The second-order valence-electron chi connectivity index (χ2n) is 8.54. The van der Waals surface area contributed by atoms with E-state index < -0.39 is 0 Å². The van der Waals surface area contributed by atoms with Crippen LogP contribution in [0.1, 0.15) is 30.4 Å². The molecule has 1 aromatic carbocycles. The van der Waals surface area contributed by atoms with Gasteiger partial charge in [0.1, 0.15) is 0 Å². The van der Waals surface area contributed by atoms with Crippen LogP contribution in [0, 0.1) is 0 Å². The van der Waals surface area contributed by atoms with Gasteiger partial charge in [0.05, 0.1) is 27.9 Å². The fourth-order valence-electron chi connectivity index (χ4n) is 4.88. The zero-order chi connectivity index (χ0) is 22.7. The normalized spacial score (nSPS) is 18.8. The first-order valence-electron chi connectivity index (χ1n) is 11.4. The van der Waals surface area contributed by atoms with Crippen LogP contribution in [-0.4, -0.2) is 93.7 Å². The summed E-state index contributed by atoms with van der Waals surface area (Å²) < 4.78 is 16.6. The molecule has 0 bridgehead atoms. The van der Waals surface area contributed by atoms with Crippen LogP contribution >= 0.6 is 0 Å². The minimum Gasteiger partial charge on any atom is -0.493 e. The molecule has 1 aliphatic carbocycles. The number of amides is 2. The van der Waals surface area contributed by atoms with Crippen molar-refractivity contribution in [2.24, 2.45) is 0 Å². The molecule has 2 saturated heterocycles. The molecule has 0 atom stereocenters. The van der Waals surface area contributed by atoms with Crippen LogP contribution in [0.25, 0.3) is 6.08 Å². The molecule has 4 rings (SSSR count). The highest BCUT2D eigenvalue weighted by Gasteiger charge is 2.29. The molecule has 2 amide bonds. The van der Waals surface area contributed by atoms with E-state index in [1.807, 2.05) is 21.9 Å². The van der Waals surface area contributed by atoms with Crippen molar-refractivity contribution >= 4 is 17.9 Å². The molecule has 1 aromatic rings. The van der Waals surface area contributed by atoms with Gasteiger partial charge in [-0.2, -0.15) is 0 Å². The topological polar surface area (TPSA) is 71.5 Å². The maximum atomic E-state index is 13.2. The molecule has 8 nitrogen and oxygen atoms in total. The van der Waals surface area contributed by atoms with Gasteiger partial charge in [0.2, 0.25) is 17.6 Å². The number of fused-ring (bicyclic) bond motifs is 1. The molecule has 2 aliphatic heterocycles. The van der Waals surface area contributed by atoms with E-state index in [0.717, 1.165) is 55.7 Å². The second kappa shape index (κ2) is 9.81. The molecular formula is C24H33N3O5. The van der Waals surface area contributed by atoms with Crippen LogP contribution in [-0.2, 0) is 16.0 Å². The molecule has 0 N–H and O–H groups in total. The Balaban J connectivity index is 1.41. The molecular weight excluding hydrogens is 410 g/mol. The second-order valence-corrected chi connectivity index (χ2v) is 8.54. The molecule has 0 aromatic heterocycles. The number of methoxy groups -OCH3 is 3. The van der Waals surface area contributed by atoms with Gasteiger partial charge in [-0.15, -0.1) is 0 Å². The Morgan fingerprint density at radius 1 is 0.844 bits per heavy atom. The van der Waals surface area contributed by atoms with Crippen molar-refractivity contribution in [3.63, 3.8) is 0 Å². The minimum atomic E-state index is 0.0786. The largest absolute Gasteiger partial charge is 0.493 e. The van der Waals surface area contributed by atoms with Crippen molar-refractivity contribution in [3.8, 4) is 17.2 Å². The molecule has 32 heavy (non-hydrogen) atoms. The smallest absolute Gasteiger partial charge is 0.249 e. The number of ether oxygens (including phenoxy) is 3. The number of likely N-dealkylation sites (tertiary alicyclic amines) is 1. The van der Waals surface area contributed by atoms with Crippen molar-refractivity contribution < 1.29 is 23.8 Å². The SMILES string of the molecule is COc1cc2c(c(OC)c1OC)CCC(C(=O)N1CCN(CC(=O)N3CCCC3)CC1)=C2. The van der Waals surface area contributed by atoms with Crippen LogP contribution in [0.4, 0.5) is 0 Å². The number of nitrogens with zero attached hydrogens (tertiary/aromatic N) is 3. The molecule has 3 aliphatic rings. The molecule has 0 radical (unpaired) electrons. The first-order valence-corrected chi connectivity index (χ1v) is 11.4. The van der Waals surface area contributed by atoms with E-state index in [1.165, 1.54) is 0 Å². The monoisotopic (exact) mass is 443 g/mol. The Labute approximate surface area is 189 Å². The molecule has 2 fully saturated rings. The van der Waals surface area contributed by atoms with Crippen molar-refractivity contribution in [1.82, 2.24) is 14.7 Å². The van der Waals surface area contributed by atoms with Gasteiger partial charge in [-0.3, -0.25) is 14.5 Å². The minimum absolute atomic E-state index is 0.0786. The summed E-state index contributed by atoms with van der Waals surface area (Å²) in [5.74, 6) is 2.13. The third-order valence-corrected chi connectivity index (χ3v) is 6.69. The Bertz CT molecular complexity index is 899. The van der Waals surface area contributed by atoms with Crippen molar-refractivity contribution in [1.29, 1.82) is 0 Å². The van der Waals surface area contributed by atoms with Crippen LogP contribution in [0.3, 0.4) is 0 Å². The molecule has 2 heterocycles. The fourth-order valence-corrected chi connectivity index (χ4v) is 4.88. The maximum Gasteiger partial charge on any atom is 0.249 e. The van der Waals surface area contributed by atoms with Gasteiger partial charge >= 0.3 is 0 Å². The molecule has 174 valence electrons. The number of hydrogen-bond donors (Lipinski definition) is 0. The van der Waals surface area contributed by atoms with Crippen molar-refractivity contribution in [3.05, 3.63) is 22.8 Å². The summed E-state index contributed by atoms with van der Waals surface area (Å²) in [5.41, 5.74) is 2.77. The number of piperazine rings is 1. The number of hydrogen-bond acceptors (Lipinski definition) is 6. The number of rotatable bonds is 6. The van der Waals surface area contributed by atoms with Crippen LogP contribution in [0.2, 0.25) is 0 Å². The Morgan fingerprint density at radius 2 is 1.53 bits per heavy atom. The fraction of sp³-hybridized carbons (Fsp3) is 0.583. The lowest BCUT2D eigenvalue weighted by molar-refractivity contribution is -0.133. The quantitative estimate of drug-likeness (QED) is 0.668. The lowest BCUT2D eigenvalue weighted by Crippen LogP contribution is -2.51. The van der Waals surface area contributed by atoms with Gasteiger partial charge in [0.15, 0.2) is 11.5 Å². The molecule has 0 saturated carbocycles. The molecule has 0 unspecified atom stereocenters. The van der Waals surface area contributed by atoms with Crippen LogP contribution in [0.5, 0.6) is 17.2 Å². The van der Waals surface area contributed by atoms with Gasteiger partial charge in [-0.1, -0.05) is 0 Å². The average molecular weight is 444 g/mol. The van der Waals surface area contributed by atoms with E-state index >= 15 is 0 Å². The maximum absolute atomic E-state index is 13.2. The van der Waals surface area contributed by atoms with E-state index in [0.29, 0.717) is 49.7 Å². The van der Waals surface area contributed by atoms with Gasteiger partial charge in [-0.25, -0.2) is 0 Å². The third kappa shape index (κ3) is 4.41. The van der Waals surface area contributed by atoms with Crippen molar-refractivity contribution in [2.45, 2.75) is 25.7 Å². The predicted molar refractivity (Wildman–Crippen MR) is 121 cm³/mol. The van der Waals surface area contributed by atoms with Gasteiger partial charge in [-0.05, 0) is 43.4 Å². The molecule has 8 heteroatoms. The summed E-state index contributed by atoms with van der Waals surface area (Å²) in [6, 6.07) is 1.91. The van der Waals surface area contributed by atoms with E-state index in [-0.39, 0.29) is 11.8 Å². The Morgan fingerprint density at radius 3 is 2.16 bits per heavy atom. The highest BCUT2D eigenvalue weighted by molar-refractivity contribution is 5.99. The standard InChI is InChI=1S/C24H33N3O5/c1-30-20-15-18-14-17(6-7-19(18)22(31-2)23(20)32-3)24(29)27-12-10-25(11-13-27)16-21(28)26-8-4-5-9-26/h14-15H,4-13,16H2,1-3H3. The summed E-state index contributed by atoms with van der Waals surface area (Å²) in [6.07, 6.45) is 5.54. The Kier molecular flexibility index (Phi) is 6.89. The van der Waals surface area contributed by atoms with Gasteiger partial charge < -0.3 is 24.0 Å². The molecule has 0 spiro atoms. The van der Waals surface area contributed by atoms with Crippen molar-refractivity contribution in [2.75, 3.05) is 67.1 Å². The van der Waals surface area contributed by atoms with E-state index in [1.54, 1.807) is 21.3 Å². The zero-order valence-electron chi connectivity index (χ0n) is 19.3. The summed E-state index contributed by atoms with van der Waals surface area (Å²) in [6.45, 7) is 4.97. The lowest BCUT2D eigenvalue weighted by atomic mass is 9.90. The van der Waals surface area contributed by atoms with E-state index in [2.05, 4.69) is 4.90 Å². The number of carbonyl (C=O) groups is 2. The Hall–Kier alpha value is -2.74. The highest BCUT2D eigenvalue weighted by atomic mass is 16.5. The zero-order valence-corrected chi connectivity index (χ0v) is 19.3. The summed E-state index contributed by atoms with van der Waals surface area (Å²) in [4.78, 5) is 31.6. The van der Waals surface area contributed by atoms with Crippen LogP contribution < -0.4 is 14.2 Å². The van der Waals surface area contributed by atoms with Crippen LogP contribution in [0.15, 0.2) is 11.6 Å².